The van der Waals surface area contributed by atoms with Crippen LogP contribution in [0.3, 0.4) is 0 Å². The molecule has 0 aromatic carbocycles. The van der Waals surface area contributed by atoms with Crippen molar-refractivity contribution in [2.45, 2.75) is 97.0 Å². The first-order valence-electron chi connectivity index (χ1n) is 10.1. The Kier molecular flexibility index (Phi) is 8.59. The van der Waals surface area contributed by atoms with Crippen molar-refractivity contribution in [3.8, 4) is 0 Å². The molecule has 22 heavy (non-hydrogen) atoms. The van der Waals surface area contributed by atoms with Gasteiger partial charge in [-0.2, -0.15) is 0 Å². The maximum atomic E-state index is 5.94. The molecule has 0 heterocycles. The molecule has 0 amide bonds. The van der Waals surface area contributed by atoms with E-state index in [9.17, 15) is 0 Å². The third-order valence-electron chi connectivity index (χ3n) is 5.89. The van der Waals surface area contributed by atoms with Gasteiger partial charge in [0.25, 0.3) is 0 Å². The predicted molar refractivity (Wildman–Crippen MR) is 96.1 cm³/mol. The monoisotopic (exact) mass is 306 g/mol. The lowest BCUT2D eigenvalue weighted by Crippen LogP contribution is -2.28. The van der Waals surface area contributed by atoms with E-state index in [1.54, 1.807) is 0 Å². The summed E-state index contributed by atoms with van der Waals surface area (Å²) >= 11 is 0. The van der Waals surface area contributed by atoms with Crippen molar-refractivity contribution in [1.29, 1.82) is 0 Å². The third-order valence-corrected chi connectivity index (χ3v) is 5.89. The van der Waals surface area contributed by atoms with Crippen LogP contribution in [0.5, 0.6) is 0 Å². The summed E-state index contributed by atoms with van der Waals surface area (Å²) in [5, 5.41) is 0. The Morgan fingerprint density at radius 1 is 0.818 bits per heavy atom. The molecular weight excluding hydrogens is 268 g/mol. The molecule has 0 saturated heterocycles. The van der Waals surface area contributed by atoms with E-state index < -0.39 is 0 Å². The lowest BCUT2D eigenvalue weighted by atomic mass is 9.70. The van der Waals surface area contributed by atoms with Crippen LogP contribution in [-0.4, -0.2) is 12.7 Å². The first-order chi connectivity index (χ1) is 10.8. The summed E-state index contributed by atoms with van der Waals surface area (Å²) in [5.74, 6) is 2.91. The van der Waals surface area contributed by atoms with Crippen LogP contribution < -0.4 is 0 Å². The van der Waals surface area contributed by atoms with Crippen LogP contribution in [-0.2, 0) is 4.74 Å². The van der Waals surface area contributed by atoms with Gasteiger partial charge in [0.1, 0.15) is 0 Å². The van der Waals surface area contributed by atoms with Gasteiger partial charge in [0.15, 0.2) is 0 Å². The van der Waals surface area contributed by atoms with E-state index in [2.05, 4.69) is 26.0 Å². The maximum absolute atomic E-state index is 5.94. The average Bonchev–Trinajstić information content (AvgIpc) is 2.58. The minimum absolute atomic E-state index is 0.578. The van der Waals surface area contributed by atoms with E-state index in [1.165, 1.54) is 70.6 Å². The Balaban J connectivity index is 1.62. The largest absolute Gasteiger partial charge is 0.378 e. The number of hydrogen-bond donors (Lipinski definition) is 0. The first kappa shape index (κ1) is 18.0. The molecule has 0 aliphatic heterocycles. The van der Waals surface area contributed by atoms with Crippen molar-refractivity contribution in [3.63, 3.8) is 0 Å². The van der Waals surface area contributed by atoms with Gasteiger partial charge >= 0.3 is 0 Å². The molecule has 1 nitrogen and oxygen atoms in total. The Morgan fingerprint density at radius 2 is 1.45 bits per heavy atom. The molecule has 0 spiro atoms. The minimum Gasteiger partial charge on any atom is -0.378 e. The minimum atomic E-state index is 0.578. The predicted octanol–water partition coefficient (Wildman–Crippen LogP) is 6.52. The fourth-order valence-electron chi connectivity index (χ4n) is 4.43. The van der Waals surface area contributed by atoms with E-state index in [1.807, 2.05) is 0 Å². The zero-order valence-electron chi connectivity index (χ0n) is 15.1. The zero-order valence-corrected chi connectivity index (χ0v) is 15.1. The van der Waals surface area contributed by atoms with Crippen LogP contribution in [0.2, 0.25) is 0 Å². The number of hydrogen-bond acceptors (Lipinski definition) is 1. The Labute approximate surface area is 138 Å². The molecule has 0 bridgehead atoms. The molecule has 0 unspecified atom stereocenters. The van der Waals surface area contributed by atoms with Gasteiger partial charge in [-0.3, -0.25) is 0 Å². The lowest BCUT2D eigenvalue weighted by molar-refractivity contribution is 0.00796. The molecule has 0 N–H and O–H groups in total. The van der Waals surface area contributed by atoms with Crippen molar-refractivity contribution in [2.24, 2.45) is 17.8 Å². The summed E-state index contributed by atoms with van der Waals surface area (Å²) in [5.41, 5.74) is 0. The van der Waals surface area contributed by atoms with E-state index >= 15 is 0 Å². The van der Waals surface area contributed by atoms with Crippen LogP contribution in [0.15, 0.2) is 12.2 Å². The highest BCUT2D eigenvalue weighted by atomic mass is 16.5. The average molecular weight is 307 g/mol. The van der Waals surface area contributed by atoms with E-state index in [4.69, 9.17) is 4.74 Å². The molecule has 2 fully saturated rings. The highest BCUT2D eigenvalue weighted by molar-refractivity contribution is 4.92. The van der Waals surface area contributed by atoms with E-state index in [-0.39, 0.29) is 0 Å². The number of rotatable bonds is 8. The summed E-state index contributed by atoms with van der Waals surface area (Å²) in [6.45, 7) is 5.45. The quantitative estimate of drug-likeness (QED) is 0.366. The van der Waals surface area contributed by atoms with Crippen LogP contribution in [0.25, 0.3) is 0 Å². The summed E-state index contributed by atoms with van der Waals surface area (Å²) in [6.07, 6.45) is 22.0. The van der Waals surface area contributed by atoms with Crippen molar-refractivity contribution in [1.82, 2.24) is 0 Å². The fourth-order valence-corrected chi connectivity index (χ4v) is 4.43. The van der Waals surface area contributed by atoms with Crippen molar-refractivity contribution < 1.29 is 4.74 Å². The Morgan fingerprint density at radius 3 is 2.05 bits per heavy atom. The fraction of sp³-hybridized carbons (Fsp3) is 0.905. The molecule has 128 valence electrons. The summed E-state index contributed by atoms with van der Waals surface area (Å²) in [7, 11) is 0. The van der Waals surface area contributed by atoms with Gasteiger partial charge in [-0.15, -0.1) is 0 Å². The van der Waals surface area contributed by atoms with Crippen LogP contribution in [0, 0.1) is 17.8 Å². The van der Waals surface area contributed by atoms with Gasteiger partial charge < -0.3 is 4.74 Å². The number of allylic oxidation sites excluding steroid dienone is 2. The second-order valence-corrected chi connectivity index (χ2v) is 7.65. The van der Waals surface area contributed by atoms with Gasteiger partial charge in [0.05, 0.1) is 6.10 Å². The second-order valence-electron chi connectivity index (χ2n) is 7.65. The van der Waals surface area contributed by atoms with Crippen molar-refractivity contribution in [3.05, 3.63) is 12.2 Å². The third kappa shape index (κ3) is 6.07. The SMILES string of the molecule is CCCCC=CC1CCC(C2CCC(OCCC)CC2)CC1. The molecule has 2 saturated carbocycles. The molecule has 2 aliphatic rings. The van der Waals surface area contributed by atoms with Gasteiger partial charge in [0.2, 0.25) is 0 Å². The highest BCUT2D eigenvalue weighted by Crippen LogP contribution is 2.40. The van der Waals surface area contributed by atoms with E-state index in [0.29, 0.717) is 6.10 Å². The number of ether oxygens (including phenoxy) is 1. The van der Waals surface area contributed by atoms with Gasteiger partial charge in [-0.1, -0.05) is 38.8 Å². The molecular formula is C21H38O. The molecule has 0 aromatic heterocycles. The summed E-state index contributed by atoms with van der Waals surface area (Å²) < 4.78 is 5.94. The molecule has 0 atom stereocenters. The van der Waals surface area contributed by atoms with Gasteiger partial charge in [-0.25, -0.2) is 0 Å². The highest BCUT2D eigenvalue weighted by Gasteiger charge is 2.30. The number of unbranched alkanes of at least 4 members (excludes halogenated alkanes) is 2. The smallest absolute Gasteiger partial charge is 0.0575 e. The molecule has 2 rings (SSSR count). The van der Waals surface area contributed by atoms with Gasteiger partial charge in [-0.05, 0) is 82.0 Å². The van der Waals surface area contributed by atoms with Crippen LogP contribution in [0.1, 0.15) is 90.9 Å². The normalized spacial score (nSPS) is 33.4. The van der Waals surface area contributed by atoms with Crippen LogP contribution >= 0.6 is 0 Å². The van der Waals surface area contributed by atoms with Gasteiger partial charge in [0, 0.05) is 6.61 Å². The zero-order chi connectivity index (χ0) is 15.6. The Bertz CT molecular complexity index is 293. The Hall–Kier alpha value is -0.300. The molecule has 1 heteroatoms. The topological polar surface area (TPSA) is 9.23 Å². The molecule has 0 aromatic rings. The molecule has 0 radical (unpaired) electrons. The van der Waals surface area contributed by atoms with Crippen LogP contribution in [0.4, 0.5) is 0 Å². The first-order valence-corrected chi connectivity index (χ1v) is 10.1. The lowest BCUT2D eigenvalue weighted by Gasteiger charge is -2.37. The summed E-state index contributed by atoms with van der Waals surface area (Å²) in [6, 6.07) is 0. The van der Waals surface area contributed by atoms with Crippen molar-refractivity contribution >= 4 is 0 Å². The maximum Gasteiger partial charge on any atom is 0.0575 e. The van der Waals surface area contributed by atoms with Crippen molar-refractivity contribution in [2.75, 3.05) is 6.61 Å². The summed E-state index contributed by atoms with van der Waals surface area (Å²) in [4.78, 5) is 0. The van der Waals surface area contributed by atoms with E-state index in [0.717, 1.165) is 30.8 Å². The standard InChI is InChI=1S/C21H38O/c1-3-5-6-7-8-18-9-11-19(12-10-18)20-13-15-21(16-14-20)22-17-4-2/h7-8,18-21H,3-6,9-17H2,1-2H3. The second kappa shape index (κ2) is 10.5. The molecule has 2 aliphatic carbocycles.